The van der Waals surface area contributed by atoms with Gasteiger partial charge in [0.15, 0.2) is 0 Å². The van der Waals surface area contributed by atoms with Gasteiger partial charge in [0.1, 0.15) is 0 Å². The van der Waals surface area contributed by atoms with E-state index >= 15 is 0 Å². The summed E-state index contributed by atoms with van der Waals surface area (Å²) in [5.41, 5.74) is -1.23. The van der Waals surface area contributed by atoms with Gasteiger partial charge in [-0.1, -0.05) is 0 Å². The number of nitrogens with zero attached hydrogens (tertiary/aromatic N) is 1. The van der Waals surface area contributed by atoms with Gasteiger partial charge in [-0.3, -0.25) is 0 Å². The first kappa shape index (κ1) is 24.1. The SMILES string of the molecule is CC(=O)OC[C@H]1O[C@@H](n2c[c]([Sn]([CH3])([CH3])[CH3])c(=O)[nH]c2=O)[C@@H](OC(C)=O)[C@@H]1OC(C)=O. The van der Waals surface area contributed by atoms with E-state index in [1.165, 1.54) is 20.0 Å². The predicted octanol–water partition coefficient (Wildman–Crippen LogP) is -0.594. The van der Waals surface area contributed by atoms with Crippen LogP contribution in [-0.4, -0.2) is 70.8 Å². The van der Waals surface area contributed by atoms with Gasteiger partial charge in [0.2, 0.25) is 0 Å². The summed E-state index contributed by atoms with van der Waals surface area (Å²) in [5, 5.41) is 0. The van der Waals surface area contributed by atoms with Gasteiger partial charge >= 0.3 is 177 Å². The Morgan fingerprint density at radius 1 is 1.03 bits per heavy atom. The third kappa shape index (κ3) is 5.71. The molecule has 1 saturated heterocycles. The fraction of sp³-hybridized carbons (Fsp3) is 0.611. The Hall–Kier alpha value is -2.15. The zero-order valence-electron chi connectivity index (χ0n) is 17.7. The van der Waals surface area contributed by atoms with Crippen molar-refractivity contribution in [3.05, 3.63) is 27.0 Å². The number of aromatic nitrogens is 2. The number of hydrogen-bond acceptors (Lipinski definition) is 9. The first-order valence-corrected chi connectivity index (χ1v) is 19.3. The molecule has 0 aliphatic carbocycles. The summed E-state index contributed by atoms with van der Waals surface area (Å²) >= 11 is -2.94. The molecule has 0 saturated carbocycles. The van der Waals surface area contributed by atoms with E-state index in [1.807, 2.05) is 14.8 Å². The van der Waals surface area contributed by atoms with Crippen molar-refractivity contribution in [2.75, 3.05) is 6.61 Å². The maximum absolute atomic E-state index is 12.6. The average molecular weight is 533 g/mol. The average Bonchev–Trinajstić information content (AvgIpc) is 2.88. The van der Waals surface area contributed by atoms with Crippen LogP contribution in [-0.2, 0) is 33.3 Å². The van der Waals surface area contributed by atoms with E-state index < -0.39 is 72.1 Å². The Bertz CT molecular complexity index is 946. The van der Waals surface area contributed by atoms with Gasteiger partial charge < -0.3 is 0 Å². The van der Waals surface area contributed by atoms with Crippen LogP contribution in [0.5, 0.6) is 0 Å². The van der Waals surface area contributed by atoms with Crippen LogP contribution in [0.15, 0.2) is 15.8 Å². The molecule has 0 aromatic carbocycles. The molecule has 1 aromatic rings. The molecule has 1 aromatic heterocycles. The first-order valence-electron chi connectivity index (χ1n) is 9.30. The van der Waals surface area contributed by atoms with Gasteiger partial charge in [-0.15, -0.1) is 0 Å². The summed E-state index contributed by atoms with van der Waals surface area (Å²) in [5.74, 6) is -1.95. The number of esters is 3. The number of aromatic amines is 1. The summed E-state index contributed by atoms with van der Waals surface area (Å²) in [4.78, 5) is 67.7. The molecule has 2 rings (SSSR count). The molecule has 0 unspecified atom stereocenters. The van der Waals surface area contributed by atoms with Crippen molar-refractivity contribution in [1.82, 2.24) is 9.55 Å². The van der Waals surface area contributed by atoms with Crippen molar-refractivity contribution in [1.29, 1.82) is 0 Å². The van der Waals surface area contributed by atoms with Crippen molar-refractivity contribution in [2.24, 2.45) is 0 Å². The van der Waals surface area contributed by atoms with Crippen molar-refractivity contribution in [2.45, 2.75) is 60.1 Å². The zero-order valence-corrected chi connectivity index (χ0v) is 20.6. The molecule has 0 radical (unpaired) electrons. The normalized spacial score (nSPS) is 23.7. The van der Waals surface area contributed by atoms with Crippen LogP contribution >= 0.6 is 0 Å². The van der Waals surface area contributed by atoms with Crippen LogP contribution in [0.25, 0.3) is 0 Å². The second-order valence-electron chi connectivity index (χ2n) is 7.98. The molecule has 1 aliphatic rings. The first-order chi connectivity index (χ1) is 13.8. The van der Waals surface area contributed by atoms with Crippen LogP contribution in [0, 0.1) is 0 Å². The molecule has 11 nitrogen and oxygen atoms in total. The number of hydrogen-bond donors (Lipinski definition) is 1. The Labute approximate surface area is 176 Å². The van der Waals surface area contributed by atoms with Crippen molar-refractivity contribution in [3.63, 3.8) is 0 Å². The van der Waals surface area contributed by atoms with Gasteiger partial charge in [-0.05, 0) is 0 Å². The van der Waals surface area contributed by atoms with E-state index in [4.69, 9.17) is 18.9 Å². The Morgan fingerprint density at radius 2 is 1.60 bits per heavy atom. The predicted molar refractivity (Wildman–Crippen MR) is 106 cm³/mol. The molecule has 12 heteroatoms. The Kier molecular flexibility index (Phi) is 7.50. The number of carbonyl (C=O) groups is 3. The molecule has 30 heavy (non-hydrogen) atoms. The van der Waals surface area contributed by atoms with Crippen molar-refractivity contribution < 1.29 is 33.3 Å². The molecular weight excluding hydrogens is 507 g/mol. The molecule has 1 fully saturated rings. The molecular formula is C18H26N2O9Sn. The number of carbonyl (C=O) groups excluding carboxylic acids is 3. The minimum atomic E-state index is -2.94. The van der Waals surface area contributed by atoms with E-state index in [1.54, 1.807) is 0 Å². The van der Waals surface area contributed by atoms with Crippen LogP contribution in [0.3, 0.4) is 0 Å². The van der Waals surface area contributed by atoms with Gasteiger partial charge in [0.05, 0.1) is 0 Å². The second-order valence-corrected chi connectivity index (χ2v) is 22.4. The second kappa shape index (κ2) is 9.33. The Morgan fingerprint density at radius 3 is 2.10 bits per heavy atom. The van der Waals surface area contributed by atoms with E-state index in [-0.39, 0.29) is 6.61 Å². The summed E-state index contributed by atoms with van der Waals surface area (Å²) in [7, 11) is 0. The van der Waals surface area contributed by atoms with Gasteiger partial charge in [0.25, 0.3) is 0 Å². The molecule has 1 N–H and O–H groups in total. The standard InChI is InChI=1S/C15H17N2O9.3CH3.Sn/c1-7(18)23-6-10-12(24-8(2)19)13(25-9(3)20)14(26-10)17-5-4-11(21)16-15(17)22;;;;/h5,10,12-14H,6H2,1-3H3,(H,16,21,22);3*1H3;/t10-,12-,13+,14-;;;;/m1..../s1. The van der Waals surface area contributed by atoms with Crippen LogP contribution in [0.2, 0.25) is 14.8 Å². The zero-order chi connectivity index (χ0) is 22.8. The maximum atomic E-state index is 12.6. The molecule has 0 spiro atoms. The van der Waals surface area contributed by atoms with Crippen molar-refractivity contribution >= 4 is 39.9 Å². The van der Waals surface area contributed by atoms with Crippen LogP contribution < -0.4 is 14.8 Å². The molecule has 0 amide bonds. The molecule has 4 atom stereocenters. The molecule has 166 valence electrons. The summed E-state index contributed by atoms with van der Waals surface area (Å²) in [6.45, 7) is 3.24. The van der Waals surface area contributed by atoms with E-state index in [9.17, 15) is 24.0 Å². The topological polar surface area (TPSA) is 143 Å². The van der Waals surface area contributed by atoms with Crippen LogP contribution in [0.1, 0.15) is 27.0 Å². The molecule has 1 aliphatic heterocycles. The number of nitrogens with one attached hydrogen (secondary N) is 1. The van der Waals surface area contributed by atoms with E-state index in [0.29, 0.717) is 3.58 Å². The molecule has 2 heterocycles. The summed E-state index contributed by atoms with van der Waals surface area (Å²) < 4.78 is 23.0. The molecule has 0 bridgehead atoms. The number of rotatable bonds is 6. The fourth-order valence-electron chi connectivity index (χ4n) is 3.13. The number of ether oxygens (including phenoxy) is 4. The van der Waals surface area contributed by atoms with Gasteiger partial charge in [-0.25, -0.2) is 0 Å². The summed E-state index contributed by atoms with van der Waals surface area (Å²) in [6, 6.07) is 0. The van der Waals surface area contributed by atoms with Crippen molar-refractivity contribution in [3.8, 4) is 0 Å². The minimum absolute atomic E-state index is 0.287. The van der Waals surface area contributed by atoms with E-state index in [2.05, 4.69) is 4.98 Å². The Balaban J connectivity index is 2.56. The third-order valence-electron chi connectivity index (χ3n) is 4.39. The van der Waals surface area contributed by atoms with Crippen LogP contribution in [0.4, 0.5) is 0 Å². The summed E-state index contributed by atoms with van der Waals surface area (Å²) in [6.07, 6.45) is -3.10. The number of H-pyrrole nitrogens is 1. The van der Waals surface area contributed by atoms with E-state index in [0.717, 1.165) is 11.5 Å². The van der Waals surface area contributed by atoms with Gasteiger partial charge in [-0.2, -0.15) is 0 Å². The quantitative estimate of drug-likeness (QED) is 0.288. The van der Waals surface area contributed by atoms with Gasteiger partial charge in [0, 0.05) is 0 Å². The fourth-order valence-corrected chi connectivity index (χ4v) is 6.75. The monoisotopic (exact) mass is 534 g/mol. The third-order valence-corrected chi connectivity index (χ3v) is 10.0.